The van der Waals surface area contributed by atoms with Crippen LogP contribution in [-0.4, -0.2) is 17.0 Å². The summed E-state index contributed by atoms with van der Waals surface area (Å²) in [5.74, 6) is -0.952. The first kappa shape index (κ1) is 15.3. The summed E-state index contributed by atoms with van der Waals surface area (Å²) in [6.45, 7) is 0. The predicted octanol–water partition coefficient (Wildman–Crippen LogP) is 2.04. The molecule has 0 spiro atoms. The normalized spacial score (nSPS) is 10.4. The summed E-state index contributed by atoms with van der Waals surface area (Å²) in [4.78, 5) is 23.1. The minimum absolute atomic E-state index is 0.306. The number of benzene rings is 2. The number of hydrogen-bond donors (Lipinski definition) is 4. The lowest BCUT2D eigenvalue weighted by atomic mass is 10.1. The zero-order chi connectivity index (χ0) is 15.9. The number of carbonyl (C=O) groups is 2. The van der Waals surface area contributed by atoms with Crippen LogP contribution in [0.4, 0.5) is 11.4 Å². The van der Waals surface area contributed by atoms with Crippen LogP contribution in [0.5, 0.6) is 0 Å². The monoisotopic (exact) mass is 297 g/mol. The molecule has 0 heterocycles. The number of hydroxylamine groups is 1. The maximum Gasteiger partial charge on any atom is 0.267 e. The third-order valence-electron chi connectivity index (χ3n) is 2.90. The zero-order valence-corrected chi connectivity index (χ0v) is 11.6. The Morgan fingerprint density at radius 3 is 2.59 bits per heavy atom. The molecule has 0 atom stereocenters. The van der Waals surface area contributed by atoms with E-state index in [4.69, 9.17) is 10.9 Å². The molecule has 0 saturated heterocycles. The summed E-state index contributed by atoms with van der Waals surface area (Å²) in [5, 5.41) is 11.1. The average Bonchev–Trinajstić information content (AvgIpc) is 2.55. The molecule has 2 rings (SSSR count). The van der Waals surface area contributed by atoms with Crippen LogP contribution in [0, 0.1) is 0 Å². The van der Waals surface area contributed by atoms with Gasteiger partial charge in [-0.2, -0.15) is 0 Å². The molecule has 5 N–H and O–H groups in total. The van der Waals surface area contributed by atoms with Crippen LogP contribution in [-0.2, 0) is 4.79 Å². The zero-order valence-electron chi connectivity index (χ0n) is 11.6. The van der Waals surface area contributed by atoms with E-state index in [1.54, 1.807) is 48.5 Å². The highest BCUT2D eigenvalue weighted by atomic mass is 16.5. The van der Waals surface area contributed by atoms with Crippen molar-refractivity contribution in [3.8, 4) is 0 Å². The minimum Gasteiger partial charge on any atom is -0.397 e. The standard InChI is InChI=1S/C16H15N3O3/c17-13-6-1-2-7-14(13)18-16(21)12-5-3-4-11(10-12)8-9-15(20)19-22/h1-10,22H,17H2,(H,18,21)(H,19,20). The fourth-order valence-electron chi connectivity index (χ4n) is 1.80. The van der Waals surface area contributed by atoms with E-state index >= 15 is 0 Å². The van der Waals surface area contributed by atoms with E-state index < -0.39 is 5.91 Å². The summed E-state index contributed by atoms with van der Waals surface area (Å²) in [6, 6.07) is 13.7. The van der Waals surface area contributed by atoms with E-state index in [2.05, 4.69) is 5.32 Å². The van der Waals surface area contributed by atoms with E-state index in [1.807, 2.05) is 0 Å². The van der Waals surface area contributed by atoms with Crippen LogP contribution < -0.4 is 16.5 Å². The molecular weight excluding hydrogens is 282 g/mol. The van der Waals surface area contributed by atoms with Gasteiger partial charge in [0.25, 0.3) is 11.8 Å². The van der Waals surface area contributed by atoms with Crippen molar-refractivity contribution in [2.45, 2.75) is 0 Å². The molecular formula is C16H15N3O3. The number of rotatable bonds is 4. The highest BCUT2D eigenvalue weighted by Gasteiger charge is 2.07. The lowest BCUT2D eigenvalue weighted by Gasteiger charge is -2.08. The fraction of sp³-hybridized carbons (Fsp3) is 0. The van der Waals surface area contributed by atoms with Gasteiger partial charge < -0.3 is 11.1 Å². The van der Waals surface area contributed by atoms with Crippen LogP contribution in [0.1, 0.15) is 15.9 Å². The van der Waals surface area contributed by atoms with Crippen molar-refractivity contribution in [3.63, 3.8) is 0 Å². The van der Waals surface area contributed by atoms with E-state index in [0.29, 0.717) is 22.5 Å². The van der Waals surface area contributed by atoms with E-state index in [9.17, 15) is 9.59 Å². The molecule has 0 fully saturated rings. The molecule has 0 aliphatic rings. The Kier molecular flexibility index (Phi) is 4.89. The van der Waals surface area contributed by atoms with Crippen LogP contribution in [0.25, 0.3) is 6.08 Å². The van der Waals surface area contributed by atoms with Crippen molar-refractivity contribution in [1.82, 2.24) is 5.48 Å². The summed E-state index contributed by atoms with van der Waals surface area (Å²) >= 11 is 0. The molecule has 112 valence electrons. The Balaban J connectivity index is 2.15. The highest BCUT2D eigenvalue weighted by Crippen LogP contribution is 2.18. The topological polar surface area (TPSA) is 104 Å². The SMILES string of the molecule is Nc1ccccc1NC(=O)c1cccc(C=CC(=O)NO)c1. The Hall–Kier alpha value is -3.12. The molecule has 0 saturated carbocycles. The first-order valence-corrected chi connectivity index (χ1v) is 6.48. The number of nitrogens with one attached hydrogen (secondary N) is 2. The third-order valence-corrected chi connectivity index (χ3v) is 2.90. The van der Waals surface area contributed by atoms with Crippen LogP contribution >= 0.6 is 0 Å². The Morgan fingerprint density at radius 1 is 1.09 bits per heavy atom. The molecule has 0 aliphatic heterocycles. The van der Waals surface area contributed by atoms with Crippen LogP contribution in [0.3, 0.4) is 0 Å². The number of nitrogens with two attached hydrogens (primary N) is 1. The van der Waals surface area contributed by atoms with Crippen LogP contribution in [0.15, 0.2) is 54.6 Å². The molecule has 0 aliphatic carbocycles. The average molecular weight is 297 g/mol. The van der Waals surface area contributed by atoms with Crippen molar-refractivity contribution in [3.05, 3.63) is 65.7 Å². The number of hydrogen-bond acceptors (Lipinski definition) is 4. The number of anilines is 2. The van der Waals surface area contributed by atoms with Gasteiger partial charge in [0.15, 0.2) is 0 Å². The summed E-state index contributed by atoms with van der Waals surface area (Å²) in [7, 11) is 0. The molecule has 22 heavy (non-hydrogen) atoms. The molecule has 0 aromatic heterocycles. The van der Waals surface area contributed by atoms with Gasteiger partial charge in [-0.25, -0.2) is 5.48 Å². The minimum atomic E-state index is -0.646. The smallest absolute Gasteiger partial charge is 0.267 e. The Bertz CT molecular complexity index is 726. The third kappa shape index (κ3) is 3.94. The van der Waals surface area contributed by atoms with Gasteiger partial charge >= 0.3 is 0 Å². The van der Waals surface area contributed by atoms with Gasteiger partial charge in [0.05, 0.1) is 11.4 Å². The van der Waals surface area contributed by atoms with Crippen molar-refractivity contribution >= 4 is 29.3 Å². The number of para-hydroxylation sites is 2. The van der Waals surface area contributed by atoms with Gasteiger partial charge in [0, 0.05) is 11.6 Å². The van der Waals surface area contributed by atoms with E-state index in [-0.39, 0.29) is 5.91 Å². The van der Waals surface area contributed by atoms with Crippen molar-refractivity contribution in [2.24, 2.45) is 0 Å². The van der Waals surface area contributed by atoms with Gasteiger partial charge in [-0.05, 0) is 35.9 Å². The molecule has 2 aromatic carbocycles. The lowest BCUT2D eigenvalue weighted by molar-refractivity contribution is -0.124. The van der Waals surface area contributed by atoms with Gasteiger partial charge in [-0.1, -0.05) is 24.3 Å². The fourth-order valence-corrected chi connectivity index (χ4v) is 1.80. The van der Waals surface area contributed by atoms with Crippen molar-refractivity contribution in [2.75, 3.05) is 11.1 Å². The summed E-state index contributed by atoms with van der Waals surface area (Å²) < 4.78 is 0. The molecule has 2 aromatic rings. The highest BCUT2D eigenvalue weighted by molar-refractivity contribution is 6.06. The second kappa shape index (κ2) is 7.05. The molecule has 6 heteroatoms. The molecule has 0 unspecified atom stereocenters. The second-order valence-corrected chi connectivity index (χ2v) is 4.48. The molecule has 6 nitrogen and oxygen atoms in total. The van der Waals surface area contributed by atoms with Gasteiger partial charge in [-0.15, -0.1) is 0 Å². The van der Waals surface area contributed by atoms with Crippen molar-refractivity contribution in [1.29, 1.82) is 0 Å². The maximum absolute atomic E-state index is 12.2. The lowest BCUT2D eigenvalue weighted by Crippen LogP contribution is -2.15. The first-order chi connectivity index (χ1) is 10.6. The van der Waals surface area contributed by atoms with E-state index in [0.717, 1.165) is 6.08 Å². The number of amides is 2. The van der Waals surface area contributed by atoms with Gasteiger partial charge in [0.2, 0.25) is 0 Å². The molecule has 0 bridgehead atoms. The second-order valence-electron chi connectivity index (χ2n) is 4.48. The number of carbonyl (C=O) groups excluding carboxylic acids is 2. The predicted molar refractivity (Wildman–Crippen MR) is 84.2 cm³/mol. The summed E-state index contributed by atoms with van der Waals surface area (Å²) in [5.41, 5.74) is 9.36. The van der Waals surface area contributed by atoms with Gasteiger partial charge in [0.1, 0.15) is 0 Å². The summed E-state index contributed by atoms with van der Waals surface area (Å²) in [6.07, 6.45) is 2.64. The van der Waals surface area contributed by atoms with Crippen molar-refractivity contribution < 1.29 is 14.8 Å². The van der Waals surface area contributed by atoms with Gasteiger partial charge in [-0.3, -0.25) is 14.8 Å². The number of nitrogen functional groups attached to an aromatic ring is 1. The van der Waals surface area contributed by atoms with Crippen LogP contribution in [0.2, 0.25) is 0 Å². The Morgan fingerprint density at radius 2 is 1.86 bits per heavy atom. The Labute approximate surface area is 127 Å². The van der Waals surface area contributed by atoms with E-state index in [1.165, 1.54) is 11.6 Å². The quantitative estimate of drug-likeness (QED) is 0.300. The molecule has 2 amide bonds. The first-order valence-electron chi connectivity index (χ1n) is 6.48. The molecule has 0 radical (unpaired) electrons. The largest absolute Gasteiger partial charge is 0.397 e. The maximum atomic E-state index is 12.2.